The van der Waals surface area contributed by atoms with Crippen LogP contribution in [-0.2, 0) is 6.61 Å². The summed E-state index contributed by atoms with van der Waals surface area (Å²) in [6.45, 7) is 5.78. The molecule has 0 saturated carbocycles. The summed E-state index contributed by atoms with van der Waals surface area (Å²) >= 11 is 0. The standard InChI is InChI=1S/C16H24P2.C7H6O/c1-13-7-5-11-17(13)15-9-3-4-10-16(15)18-12-6-8-14(18)2;1-2-4-7-6(3-1)5-8-7/h3-4,9-10,13-14H,5-8,11-12H2,1-2H3;1-4H,5H2. The molecule has 3 aliphatic heterocycles. The van der Waals surface area contributed by atoms with Crippen LogP contribution in [0.3, 0.4) is 0 Å². The minimum atomic E-state index is 0.159. The van der Waals surface area contributed by atoms with E-state index in [0.29, 0.717) is 0 Å². The second-order valence-corrected chi connectivity index (χ2v) is 13.3. The van der Waals surface area contributed by atoms with Gasteiger partial charge in [-0.15, -0.1) is 0 Å². The summed E-state index contributed by atoms with van der Waals surface area (Å²) in [6, 6.07) is 17.6. The van der Waals surface area contributed by atoms with Gasteiger partial charge in [0.05, 0.1) is 0 Å². The van der Waals surface area contributed by atoms with Gasteiger partial charge in [-0.1, -0.05) is 72.2 Å². The van der Waals surface area contributed by atoms with Gasteiger partial charge in [-0.05, 0) is 66.0 Å². The summed E-state index contributed by atoms with van der Waals surface area (Å²) in [4.78, 5) is 0. The molecule has 3 heterocycles. The Morgan fingerprint density at radius 3 is 1.65 bits per heavy atom. The first-order valence-electron chi connectivity index (χ1n) is 10.1. The SMILES string of the molecule is CC1CCCP1c1ccccc1P1CCCC1C.c1ccc2c(c1)CO2. The van der Waals surface area contributed by atoms with Gasteiger partial charge in [0.1, 0.15) is 12.4 Å². The van der Waals surface area contributed by atoms with Crippen LogP contribution in [0, 0.1) is 0 Å². The van der Waals surface area contributed by atoms with Gasteiger partial charge in [-0.2, -0.15) is 0 Å². The Morgan fingerprint density at radius 1 is 0.769 bits per heavy atom. The first kappa shape index (κ1) is 18.5. The maximum atomic E-state index is 5.08. The molecule has 3 heteroatoms. The van der Waals surface area contributed by atoms with Gasteiger partial charge < -0.3 is 4.74 Å². The highest BCUT2D eigenvalue weighted by Crippen LogP contribution is 2.53. The number of rotatable bonds is 2. The van der Waals surface area contributed by atoms with E-state index in [-0.39, 0.29) is 15.8 Å². The molecule has 26 heavy (non-hydrogen) atoms. The molecule has 5 rings (SSSR count). The van der Waals surface area contributed by atoms with E-state index in [4.69, 9.17) is 4.74 Å². The van der Waals surface area contributed by atoms with Gasteiger partial charge in [-0.3, -0.25) is 0 Å². The van der Waals surface area contributed by atoms with Crippen LogP contribution in [-0.4, -0.2) is 23.6 Å². The normalized spacial score (nSPS) is 29.2. The van der Waals surface area contributed by atoms with Crippen molar-refractivity contribution in [2.75, 3.05) is 12.3 Å². The zero-order chi connectivity index (χ0) is 17.9. The van der Waals surface area contributed by atoms with Crippen LogP contribution in [0.5, 0.6) is 5.75 Å². The topological polar surface area (TPSA) is 9.23 Å². The number of benzene rings is 2. The van der Waals surface area contributed by atoms with Crippen molar-refractivity contribution in [2.24, 2.45) is 0 Å². The fraction of sp³-hybridized carbons (Fsp3) is 0.478. The Balaban J connectivity index is 0.000000174. The van der Waals surface area contributed by atoms with Crippen molar-refractivity contribution < 1.29 is 4.74 Å². The highest BCUT2D eigenvalue weighted by molar-refractivity contribution is 7.72. The molecule has 2 saturated heterocycles. The third-order valence-corrected chi connectivity index (χ3v) is 12.4. The van der Waals surface area contributed by atoms with Crippen molar-refractivity contribution in [1.82, 2.24) is 0 Å². The van der Waals surface area contributed by atoms with Crippen molar-refractivity contribution in [3.63, 3.8) is 0 Å². The molecule has 0 amide bonds. The molecule has 2 aromatic carbocycles. The van der Waals surface area contributed by atoms with Crippen LogP contribution >= 0.6 is 15.8 Å². The Morgan fingerprint density at radius 2 is 1.31 bits per heavy atom. The summed E-state index contributed by atoms with van der Waals surface area (Å²) in [7, 11) is 0.318. The van der Waals surface area contributed by atoms with E-state index in [1.165, 1.54) is 43.6 Å². The van der Waals surface area contributed by atoms with Crippen molar-refractivity contribution in [1.29, 1.82) is 0 Å². The second kappa shape index (κ2) is 8.41. The van der Waals surface area contributed by atoms with E-state index in [0.717, 1.165) is 23.7 Å². The lowest BCUT2D eigenvalue weighted by molar-refractivity contribution is 0.243. The zero-order valence-corrected chi connectivity index (χ0v) is 17.8. The fourth-order valence-corrected chi connectivity index (χ4v) is 10.8. The van der Waals surface area contributed by atoms with Gasteiger partial charge in [0.2, 0.25) is 0 Å². The molecule has 4 atom stereocenters. The van der Waals surface area contributed by atoms with Gasteiger partial charge in [0, 0.05) is 5.56 Å². The average Bonchev–Trinajstić information content (AvgIpc) is 3.25. The lowest BCUT2D eigenvalue weighted by atomic mass is 10.1. The van der Waals surface area contributed by atoms with E-state index in [1.54, 1.807) is 10.6 Å². The maximum Gasteiger partial charge on any atom is 0.126 e. The van der Waals surface area contributed by atoms with Crippen LogP contribution in [0.25, 0.3) is 0 Å². The minimum Gasteiger partial charge on any atom is -0.488 e. The summed E-state index contributed by atoms with van der Waals surface area (Å²) in [5.74, 6) is 1.05. The molecule has 138 valence electrons. The highest BCUT2D eigenvalue weighted by atomic mass is 31.1. The molecule has 0 radical (unpaired) electrons. The molecule has 0 bridgehead atoms. The van der Waals surface area contributed by atoms with Crippen LogP contribution in [0.2, 0.25) is 0 Å². The molecule has 0 aromatic heterocycles. The maximum absolute atomic E-state index is 5.08. The quantitative estimate of drug-likeness (QED) is 0.591. The molecule has 1 nitrogen and oxygen atoms in total. The molecule has 0 N–H and O–H groups in total. The Kier molecular flexibility index (Phi) is 5.97. The first-order valence-corrected chi connectivity index (χ1v) is 13.3. The molecule has 3 aliphatic rings. The molecule has 0 spiro atoms. The van der Waals surface area contributed by atoms with Crippen LogP contribution in [0.4, 0.5) is 0 Å². The van der Waals surface area contributed by atoms with Crippen molar-refractivity contribution in [3.05, 3.63) is 54.1 Å². The summed E-state index contributed by atoms with van der Waals surface area (Å²) < 4.78 is 5.08. The predicted molar refractivity (Wildman–Crippen MR) is 117 cm³/mol. The van der Waals surface area contributed by atoms with Crippen molar-refractivity contribution >= 4 is 26.5 Å². The highest BCUT2D eigenvalue weighted by Gasteiger charge is 2.31. The monoisotopic (exact) mass is 384 g/mol. The predicted octanol–water partition coefficient (Wildman–Crippen LogP) is 5.84. The van der Waals surface area contributed by atoms with Crippen molar-refractivity contribution in [2.45, 2.75) is 57.5 Å². The lowest BCUT2D eigenvalue weighted by Gasteiger charge is -2.25. The van der Waals surface area contributed by atoms with Gasteiger partial charge in [0.15, 0.2) is 0 Å². The molecule has 0 aliphatic carbocycles. The summed E-state index contributed by atoms with van der Waals surface area (Å²) in [5, 5.41) is 3.58. The minimum absolute atomic E-state index is 0.159. The molecular formula is C23H30OP2. The lowest BCUT2D eigenvalue weighted by Crippen LogP contribution is -2.25. The largest absolute Gasteiger partial charge is 0.488 e. The van der Waals surface area contributed by atoms with Crippen molar-refractivity contribution in [3.8, 4) is 5.75 Å². The summed E-state index contributed by atoms with van der Waals surface area (Å²) in [5.41, 5.74) is 3.26. The third kappa shape index (κ3) is 3.85. The van der Waals surface area contributed by atoms with Crippen LogP contribution in [0.15, 0.2) is 48.5 Å². The van der Waals surface area contributed by atoms with E-state index in [9.17, 15) is 0 Å². The summed E-state index contributed by atoms with van der Waals surface area (Å²) in [6.07, 6.45) is 8.85. The zero-order valence-electron chi connectivity index (χ0n) is 16.0. The Hall–Kier alpha value is -0.900. The smallest absolute Gasteiger partial charge is 0.126 e. The van der Waals surface area contributed by atoms with E-state index < -0.39 is 0 Å². The number of fused-ring (bicyclic) bond motifs is 1. The van der Waals surface area contributed by atoms with Gasteiger partial charge in [-0.25, -0.2) is 0 Å². The van der Waals surface area contributed by atoms with E-state index >= 15 is 0 Å². The third-order valence-electron chi connectivity index (χ3n) is 5.96. The van der Waals surface area contributed by atoms with Gasteiger partial charge >= 0.3 is 0 Å². The Labute approximate surface area is 161 Å². The number of para-hydroxylation sites is 1. The molecule has 2 fully saturated rings. The van der Waals surface area contributed by atoms with E-state index in [1.807, 2.05) is 18.2 Å². The van der Waals surface area contributed by atoms with Crippen LogP contribution < -0.4 is 15.3 Å². The molecular weight excluding hydrogens is 354 g/mol. The second-order valence-electron chi connectivity index (χ2n) is 7.75. The first-order chi connectivity index (χ1) is 12.7. The average molecular weight is 384 g/mol. The van der Waals surface area contributed by atoms with E-state index in [2.05, 4.69) is 44.2 Å². The number of ether oxygens (including phenoxy) is 1. The number of hydrogen-bond acceptors (Lipinski definition) is 1. The fourth-order valence-electron chi connectivity index (χ4n) is 4.37. The Bertz CT molecular complexity index is 682. The van der Waals surface area contributed by atoms with Gasteiger partial charge in [0.25, 0.3) is 0 Å². The van der Waals surface area contributed by atoms with Crippen LogP contribution in [0.1, 0.15) is 45.1 Å². The number of hydrogen-bond donors (Lipinski definition) is 0. The molecule has 2 aromatic rings. The molecule has 4 unspecified atom stereocenters.